The number of hydrogen-bond donors (Lipinski definition) is 1. The standard InChI is InChI=1S/C15H18N2O2/c1-10-4-5-11(2)12(8-10)13-9-16-14(17(13)3)6-7-15(18)19/h4-5,8-9H,6-7H2,1-3H3,(H,18,19). The van der Waals surface area contributed by atoms with Gasteiger partial charge in [-0.1, -0.05) is 17.7 Å². The third-order valence-electron chi connectivity index (χ3n) is 3.32. The number of aliphatic carboxylic acids is 1. The summed E-state index contributed by atoms with van der Waals surface area (Å²) in [5.41, 5.74) is 4.57. The summed E-state index contributed by atoms with van der Waals surface area (Å²) in [7, 11) is 1.93. The summed E-state index contributed by atoms with van der Waals surface area (Å²) in [6.45, 7) is 4.13. The van der Waals surface area contributed by atoms with Crippen LogP contribution in [0.25, 0.3) is 11.3 Å². The van der Waals surface area contributed by atoms with Gasteiger partial charge in [-0.2, -0.15) is 0 Å². The molecule has 0 spiro atoms. The van der Waals surface area contributed by atoms with E-state index in [1.165, 1.54) is 11.1 Å². The van der Waals surface area contributed by atoms with Crippen LogP contribution in [0.5, 0.6) is 0 Å². The minimum Gasteiger partial charge on any atom is -0.481 e. The zero-order valence-corrected chi connectivity index (χ0v) is 11.5. The highest BCUT2D eigenvalue weighted by Gasteiger charge is 2.11. The number of nitrogens with zero attached hydrogens (tertiary/aromatic N) is 2. The van der Waals surface area contributed by atoms with Gasteiger partial charge in [0.25, 0.3) is 0 Å². The number of aromatic nitrogens is 2. The third-order valence-corrected chi connectivity index (χ3v) is 3.32. The fraction of sp³-hybridized carbons (Fsp3) is 0.333. The molecule has 1 N–H and O–H groups in total. The molecule has 0 fully saturated rings. The van der Waals surface area contributed by atoms with Crippen LogP contribution in [0.1, 0.15) is 23.4 Å². The molecule has 0 saturated heterocycles. The monoisotopic (exact) mass is 258 g/mol. The Morgan fingerprint density at radius 2 is 2.11 bits per heavy atom. The highest BCUT2D eigenvalue weighted by Crippen LogP contribution is 2.25. The van der Waals surface area contributed by atoms with Crippen molar-refractivity contribution >= 4 is 5.97 Å². The minimum atomic E-state index is -0.795. The largest absolute Gasteiger partial charge is 0.481 e. The zero-order chi connectivity index (χ0) is 14.0. The van der Waals surface area contributed by atoms with Crippen molar-refractivity contribution in [2.24, 2.45) is 7.05 Å². The van der Waals surface area contributed by atoms with E-state index in [2.05, 4.69) is 37.0 Å². The van der Waals surface area contributed by atoms with E-state index in [4.69, 9.17) is 5.11 Å². The number of aryl methyl sites for hydroxylation is 3. The molecule has 100 valence electrons. The van der Waals surface area contributed by atoms with Crippen molar-refractivity contribution < 1.29 is 9.90 Å². The summed E-state index contributed by atoms with van der Waals surface area (Å²) >= 11 is 0. The van der Waals surface area contributed by atoms with Gasteiger partial charge in [0.2, 0.25) is 0 Å². The molecule has 2 rings (SSSR count). The Balaban J connectivity index is 2.36. The van der Waals surface area contributed by atoms with Crippen LogP contribution in [0.4, 0.5) is 0 Å². The zero-order valence-electron chi connectivity index (χ0n) is 11.5. The number of rotatable bonds is 4. The molecule has 0 aliphatic heterocycles. The Hall–Kier alpha value is -2.10. The molecule has 0 bridgehead atoms. The van der Waals surface area contributed by atoms with E-state index in [1.54, 1.807) is 0 Å². The SMILES string of the molecule is Cc1ccc(C)c(-c2cnc(CCC(=O)O)n2C)c1. The topological polar surface area (TPSA) is 55.1 Å². The molecule has 4 heteroatoms. The van der Waals surface area contributed by atoms with Gasteiger partial charge in [-0.3, -0.25) is 4.79 Å². The van der Waals surface area contributed by atoms with Crippen molar-refractivity contribution in [2.45, 2.75) is 26.7 Å². The fourth-order valence-corrected chi connectivity index (χ4v) is 2.16. The first-order valence-corrected chi connectivity index (χ1v) is 6.29. The fourth-order valence-electron chi connectivity index (χ4n) is 2.16. The Morgan fingerprint density at radius 1 is 1.37 bits per heavy atom. The molecular weight excluding hydrogens is 240 g/mol. The van der Waals surface area contributed by atoms with Crippen LogP contribution < -0.4 is 0 Å². The predicted octanol–water partition coefficient (Wildman–Crippen LogP) is 2.72. The Kier molecular flexibility index (Phi) is 3.69. The van der Waals surface area contributed by atoms with Gasteiger partial charge in [0.05, 0.1) is 18.3 Å². The molecule has 0 atom stereocenters. The quantitative estimate of drug-likeness (QED) is 0.917. The van der Waals surface area contributed by atoms with Crippen LogP contribution in [0.15, 0.2) is 24.4 Å². The number of benzene rings is 1. The van der Waals surface area contributed by atoms with E-state index in [9.17, 15) is 4.79 Å². The highest BCUT2D eigenvalue weighted by molar-refractivity contribution is 5.67. The van der Waals surface area contributed by atoms with Gasteiger partial charge in [0, 0.05) is 19.0 Å². The van der Waals surface area contributed by atoms with E-state index in [0.29, 0.717) is 6.42 Å². The molecule has 1 aromatic heterocycles. The van der Waals surface area contributed by atoms with Gasteiger partial charge in [-0.25, -0.2) is 4.98 Å². The van der Waals surface area contributed by atoms with Gasteiger partial charge in [-0.05, 0) is 25.5 Å². The molecule has 1 aromatic carbocycles. The van der Waals surface area contributed by atoms with Crippen molar-refractivity contribution in [1.29, 1.82) is 0 Å². The number of carboxylic acids is 1. The molecule has 4 nitrogen and oxygen atoms in total. The van der Waals surface area contributed by atoms with E-state index < -0.39 is 5.97 Å². The summed E-state index contributed by atoms with van der Waals surface area (Å²) in [4.78, 5) is 15.0. The van der Waals surface area contributed by atoms with Crippen LogP contribution in [0, 0.1) is 13.8 Å². The summed E-state index contributed by atoms with van der Waals surface area (Å²) in [6.07, 6.45) is 2.38. The molecule has 0 aliphatic rings. The molecule has 0 aliphatic carbocycles. The smallest absolute Gasteiger partial charge is 0.303 e. The maximum absolute atomic E-state index is 10.6. The molecule has 2 aromatic rings. The van der Waals surface area contributed by atoms with E-state index >= 15 is 0 Å². The van der Waals surface area contributed by atoms with E-state index in [1.807, 2.05) is 17.8 Å². The second-order valence-corrected chi connectivity index (χ2v) is 4.83. The van der Waals surface area contributed by atoms with Crippen LogP contribution in [0.2, 0.25) is 0 Å². The molecular formula is C15H18N2O2. The number of carboxylic acid groups (broad SMARTS) is 1. The lowest BCUT2D eigenvalue weighted by molar-refractivity contribution is -0.137. The number of hydrogen-bond acceptors (Lipinski definition) is 2. The third kappa shape index (κ3) is 2.84. The number of imidazole rings is 1. The van der Waals surface area contributed by atoms with Gasteiger partial charge >= 0.3 is 5.97 Å². The first kappa shape index (κ1) is 13.3. The maximum atomic E-state index is 10.6. The summed E-state index contributed by atoms with van der Waals surface area (Å²) in [5.74, 6) is 0.00888. The Bertz CT molecular complexity index is 615. The Morgan fingerprint density at radius 3 is 2.79 bits per heavy atom. The molecule has 0 unspecified atom stereocenters. The Labute approximate surface area is 112 Å². The first-order valence-electron chi connectivity index (χ1n) is 6.29. The van der Waals surface area contributed by atoms with Crippen molar-refractivity contribution in [3.8, 4) is 11.3 Å². The van der Waals surface area contributed by atoms with Crippen molar-refractivity contribution in [3.63, 3.8) is 0 Å². The summed E-state index contributed by atoms with van der Waals surface area (Å²) in [5, 5.41) is 8.73. The maximum Gasteiger partial charge on any atom is 0.303 e. The van der Waals surface area contributed by atoms with Crippen molar-refractivity contribution in [3.05, 3.63) is 41.3 Å². The van der Waals surface area contributed by atoms with E-state index in [-0.39, 0.29) is 6.42 Å². The molecule has 0 saturated carbocycles. The second kappa shape index (κ2) is 5.26. The normalized spacial score (nSPS) is 10.7. The van der Waals surface area contributed by atoms with Gasteiger partial charge in [0.15, 0.2) is 0 Å². The molecule has 1 heterocycles. The minimum absolute atomic E-state index is 0.108. The van der Waals surface area contributed by atoms with Crippen molar-refractivity contribution in [2.75, 3.05) is 0 Å². The lowest BCUT2D eigenvalue weighted by atomic mass is 10.0. The van der Waals surface area contributed by atoms with Crippen LogP contribution in [0.3, 0.4) is 0 Å². The number of carbonyl (C=O) groups is 1. The lowest BCUT2D eigenvalue weighted by Gasteiger charge is -2.09. The molecule has 0 radical (unpaired) electrons. The predicted molar refractivity (Wildman–Crippen MR) is 74.1 cm³/mol. The first-order chi connectivity index (χ1) is 8.99. The molecule has 0 amide bonds. The van der Waals surface area contributed by atoms with Crippen LogP contribution >= 0.6 is 0 Å². The van der Waals surface area contributed by atoms with Crippen LogP contribution in [-0.4, -0.2) is 20.6 Å². The van der Waals surface area contributed by atoms with Gasteiger partial charge in [0.1, 0.15) is 5.82 Å². The molecule has 19 heavy (non-hydrogen) atoms. The van der Waals surface area contributed by atoms with E-state index in [0.717, 1.165) is 17.1 Å². The summed E-state index contributed by atoms with van der Waals surface area (Å²) < 4.78 is 1.98. The summed E-state index contributed by atoms with van der Waals surface area (Å²) in [6, 6.07) is 6.31. The highest BCUT2D eigenvalue weighted by atomic mass is 16.4. The van der Waals surface area contributed by atoms with Gasteiger partial charge < -0.3 is 9.67 Å². The lowest BCUT2D eigenvalue weighted by Crippen LogP contribution is -2.04. The second-order valence-electron chi connectivity index (χ2n) is 4.83. The van der Waals surface area contributed by atoms with Gasteiger partial charge in [-0.15, -0.1) is 0 Å². The van der Waals surface area contributed by atoms with Crippen LogP contribution in [-0.2, 0) is 18.3 Å². The average molecular weight is 258 g/mol. The average Bonchev–Trinajstić information content (AvgIpc) is 2.71. The van der Waals surface area contributed by atoms with Crippen molar-refractivity contribution in [1.82, 2.24) is 9.55 Å².